The second-order valence-electron chi connectivity index (χ2n) is 5.49. The summed E-state index contributed by atoms with van der Waals surface area (Å²) in [6, 6.07) is 2.88. The Morgan fingerprint density at radius 1 is 1.39 bits per heavy atom. The molecule has 1 aromatic heterocycles. The van der Waals surface area contributed by atoms with Crippen molar-refractivity contribution in [3.63, 3.8) is 0 Å². The molecule has 2 fully saturated rings. The Kier molecular flexibility index (Phi) is 3.44. The van der Waals surface area contributed by atoms with Crippen molar-refractivity contribution < 1.29 is 0 Å². The number of halogens is 1. The molecule has 2 aliphatic carbocycles. The molecule has 1 heterocycles. The summed E-state index contributed by atoms with van der Waals surface area (Å²) in [6.07, 6.45) is 7.21. The number of nitrogens with zero attached hydrogens (tertiary/aromatic N) is 2. The van der Waals surface area contributed by atoms with Crippen LogP contribution in [-0.2, 0) is 6.54 Å². The first kappa shape index (κ1) is 12.2. The molecule has 18 heavy (non-hydrogen) atoms. The van der Waals surface area contributed by atoms with Crippen LogP contribution in [-0.4, -0.2) is 24.6 Å². The van der Waals surface area contributed by atoms with Crippen LogP contribution in [0, 0.1) is 5.92 Å². The minimum Gasteiger partial charge on any atom is -0.353 e. The van der Waals surface area contributed by atoms with Crippen LogP contribution in [0.2, 0.25) is 5.02 Å². The highest BCUT2D eigenvalue weighted by atomic mass is 35.5. The van der Waals surface area contributed by atoms with Gasteiger partial charge in [0.25, 0.3) is 0 Å². The molecule has 4 heteroatoms. The van der Waals surface area contributed by atoms with Crippen molar-refractivity contribution in [2.75, 3.05) is 18.5 Å². The van der Waals surface area contributed by atoms with Crippen LogP contribution in [0.3, 0.4) is 0 Å². The molecule has 1 N–H and O–H groups in total. The molecule has 0 aliphatic heterocycles. The zero-order valence-corrected chi connectivity index (χ0v) is 11.6. The number of pyridine rings is 1. The molecule has 0 amide bonds. The Hall–Kier alpha value is -0.800. The van der Waals surface area contributed by atoms with Gasteiger partial charge in [0.2, 0.25) is 0 Å². The zero-order chi connectivity index (χ0) is 12.5. The molecule has 3 nitrogen and oxygen atoms in total. The number of aromatic nitrogens is 1. The van der Waals surface area contributed by atoms with Gasteiger partial charge in [-0.1, -0.05) is 11.6 Å². The molecule has 0 bridgehead atoms. The van der Waals surface area contributed by atoms with Gasteiger partial charge in [-0.2, -0.15) is 0 Å². The van der Waals surface area contributed by atoms with Gasteiger partial charge in [0.15, 0.2) is 0 Å². The van der Waals surface area contributed by atoms with Gasteiger partial charge in [-0.25, -0.2) is 4.98 Å². The number of hydrogen-bond donors (Lipinski definition) is 1. The molecular formula is C14H20ClN3. The highest BCUT2D eigenvalue weighted by molar-refractivity contribution is 6.31. The van der Waals surface area contributed by atoms with Gasteiger partial charge in [0, 0.05) is 25.3 Å². The molecule has 98 valence electrons. The summed E-state index contributed by atoms with van der Waals surface area (Å²) < 4.78 is 0. The molecule has 2 saturated carbocycles. The van der Waals surface area contributed by atoms with E-state index in [4.69, 9.17) is 11.6 Å². The third-order valence-corrected chi connectivity index (χ3v) is 4.06. The summed E-state index contributed by atoms with van der Waals surface area (Å²) in [6.45, 7) is 1.98. The Morgan fingerprint density at radius 2 is 2.17 bits per heavy atom. The Morgan fingerprint density at radius 3 is 2.78 bits per heavy atom. The smallest absolute Gasteiger partial charge is 0.129 e. The number of hydrogen-bond acceptors (Lipinski definition) is 3. The van der Waals surface area contributed by atoms with E-state index in [0.717, 1.165) is 34.9 Å². The fourth-order valence-corrected chi connectivity index (χ4v) is 2.52. The number of anilines is 1. The second-order valence-corrected chi connectivity index (χ2v) is 5.90. The summed E-state index contributed by atoms with van der Waals surface area (Å²) in [7, 11) is 1.94. The minimum absolute atomic E-state index is 0.724. The summed E-state index contributed by atoms with van der Waals surface area (Å²) >= 11 is 6.17. The zero-order valence-electron chi connectivity index (χ0n) is 10.8. The van der Waals surface area contributed by atoms with E-state index in [1.165, 1.54) is 32.2 Å². The predicted octanol–water partition coefficient (Wildman–Crippen LogP) is 2.83. The number of rotatable bonds is 6. The van der Waals surface area contributed by atoms with Crippen molar-refractivity contribution in [3.8, 4) is 0 Å². The molecule has 0 atom stereocenters. The van der Waals surface area contributed by atoms with Crippen LogP contribution < -0.4 is 10.2 Å². The highest BCUT2D eigenvalue weighted by Gasteiger charge is 2.34. The van der Waals surface area contributed by atoms with Crippen molar-refractivity contribution in [3.05, 3.63) is 22.8 Å². The second kappa shape index (κ2) is 5.06. The average molecular weight is 266 g/mol. The average Bonchev–Trinajstić information content (AvgIpc) is 3.24. The Labute approximate surface area is 114 Å². The lowest BCUT2D eigenvalue weighted by molar-refractivity contribution is 0.707. The molecule has 0 saturated heterocycles. The minimum atomic E-state index is 0.724. The molecule has 0 aromatic carbocycles. The highest BCUT2D eigenvalue weighted by Crippen LogP contribution is 2.37. The first-order chi connectivity index (χ1) is 8.78. The molecule has 2 aliphatic rings. The van der Waals surface area contributed by atoms with E-state index in [2.05, 4.69) is 21.3 Å². The van der Waals surface area contributed by atoms with Crippen LogP contribution in [0.4, 0.5) is 5.82 Å². The largest absolute Gasteiger partial charge is 0.353 e. The quantitative estimate of drug-likeness (QED) is 0.857. The van der Waals surface area contributed by atoms with Crippen molar-refractivity contribution in [1.82, 2.24) is 10.3 Å². The lowest BCUT2D eigenvalue weighted by atomic mass is 10.2. The molecule has 0 unspecified atom stereocenters. The van der Waals surface area contributed by atoms with Crippen molar-refractivity contribution >= 4 is 17.4 Å². The van der Waals surface area contributed by atoms with Gasteiger partial charge in [-0.05, 0) is 50.3 Å². The SMILES string of the molecule is CNCc1cc(N(CC2CC2)C2CC2)ncc1Cl. The van der Waals surface area contributed by atoms with Gasteiger partial charge in [-0.3, -0.25) is 0 Å². The van der Waals surface area contributed by atoms with Crippen molar-refractivity contribution in [1.29, 1.82) is 0 Å². The van der Waals surface area contributed by atoms with Gasteiger partial charge in [-0.15, -0.1) is 0 Å². The van der Waals surface area contributed by atoms with Crippen LogP contribution in [0.5, 0.6) is 0 Å². The fraction of sp³-hybridized carbons (Fsp3) is 0.643. The van der Waals surface area contributed by atoms with Crippen LogP contribution in [0.15, 0.2) is 12.3 Å². The predicted molar refractivity (Wildman–Crippen MR) is 75.1 cm³/mol. The van der Waals surface area contributed by atoms with Crippen LogP contribution in [0.25, 0.3) is 0 Å². The first-order valence-corrected chi connectivity index (χ1v) is 7.21. The molecule has 0 radical (unpaired) electrons. The van der Waals surface area contributed by atoms with Crippen molar-refractivity contribution in [2.45, 2.75) is 38.3 Å². The van der Waals surface area contributed by atoms with Gasteiger partial charge < -0.3 is 10.2 Å². The van der Waals surface area contributed by atoms with E-state index in [-0.39, 0.29) is 0 Å². The Balaban J connectivity index is 1.81. The lowest BCUT2D eigenvalue weighted by Crippen LogP contribution is -2.29. The molecule has 0 spiro atoms. The fourth-order valence-electron chi connectivity index (χ4n) is 2.35. The van der Waals surface area contributed by atoms with Crippen LogP contribution in [0.1, 0.15) is 31.2 Å². The van der Waals surface area contributed by atoms with Crippen LogP contribution >= 0.6 is 11.6 Å². The lowest BCUT2D eigenvalue weighted by Gasteiger charge is -2.24. The molecule has 1 aromatic rings. The summed E-state index contributed by atoms with van der Waals surface area (Å²) in [5.41, 5.74) is 1.14. The van der Waals surface area contributed by atoms with Gasteiger partial charge >= 0.3 is 0 Å². The van der Waals surface area contributed by atoms with E-state index in [9.17, 15) is 0 Å². The van der Waals surface area contributed by atoms with Gasteiger partial charge in [0.1, 0.15) is 5.82 Å². The maximum atomic E-state index is 6.17. The topological polar surface area (TPSA) is 28.2 Å². The third kappa shape index (κ3) is 2.78. The van der Waals surface area contributed by atoms with E-state index < -0.39 is 0 Å². The standard InChI is InChI=1S/C14H20ClN3/c1-16-7-11-6-14(17-8-13(11)15)18(12-4-5-12)9-10-2-3-10/h6,8,10,12,16H,2-5,7,9H2,1H3. The van der Waals surface area contributed by atoms with E-state index in [0.29, 0.717) is 0 Å². The van der Waals surface area contributed by atoms with E-state index in [1.54, 1.807) is 6.20 Å². The normalized spacial score (nSPS) is 19.0. The monoisotopic (exact) mass is 265 g/mol. The summed E-state index contributed by atoms with van der Waals surface area (Å²) in [4.78, 5) is 7.02. The third-order valence-electron chi connectivity index (χ3n) is 3.72. The molecular weight excluding hydrogens is 246 g/mol. The maximum absolute atomic E-state index is 6.17. The van der Waals surface area contributed by atoms with Gasteiger partial charge in [0.05, 0.1) is 5.02 Å². The van der Waals surface area contributed by atoms with E-state index >= 15 is 0 Å². The molecule has 3 rings (SSSR count). The first-order valence-electron chi connectivity index (χ1n) is 6.83. The summed E-state index contributed by atoms with van der Waals surface area (Å²) in [5, 5.41) is 3.92. The number of nitrogens with one attached hydrogen (secondary N) is 1. The Bertz CT molecular complexity index is 427. The maximum Gasteiger partial charge on any atom is 0.129 e. The van der Waals surface area contributed by atoms with E-state index in [1.807, 2.05) is 7.05 Å². The van der Waals surface area contributed by atoms with Crippen molar-refractivity contribution in [2.24, 2.45) is 5.92 Å². The summed E-state index contributed by atoms with van der Waals surface area (Å²) in [5.74, 6) is 2.01.